The third kappa shape index (κ3) is 1.84. The maximum atomic E-state index is 10.4. The Bertz CT molecular complexity index is 232. The van der Waals surface area contributed by atoms with E-state index in [-0.39, 0.29) is 11.8 Å². The van der Waals surface area contributed by atoms with Crippen LogP contribution in [0.15, 0.2) is 12.7 Å². The van der Waals surface area contributed by atoms with Crippen molar-refractivity contribution in [2.24, 2.45) is 11.8 Å². The van der Waals surface area contributed by atoms with Gasteiger partial charge in [-0.3, -0.25) is 0 Å². The largest absolute Gasteiger partial charge is 0.386 e. The van der Waals surface area contributed by atoms with E-state index in [2.05, 4.69) is 32.4 Å². The van der Waals surface area contributed by atoms with Gasteiger partial charge in [-0.25, -0.2) is 0 Å². The van der Waals surface area contributed by atoms with Crippen LogP contribution in [0.25, 0.3) is 0 Å². The lowest BCUT2D eigenvalue weighted by molar-refractivity contribution is -0.202. The lowest BCUT2D eigenvalue weighted by Crippen LogP contribution is -2.70. The minimum Gasteiger partial charge on any atom is -0.386 e. The molecule has 0 radical (unpaired) electrons. The SMILES string of the molecule is C=CC1C(N(C)CC)C(C)C1(O)COC. The summed E-state index contributed by atoms with van der Waals surface area (Å²) in [5, 5.41) is 10.4. The molecule has 0 aromatic rings. The predicted molar refractivity (Wildman–Crippen MR) is 61.8 cm³/mol. The minimum atomic E-state index is -0.732. The second-order valence-corrected chi connectivity index (χ2v) is 4.54. The van der Waals surface area contributed by atoms with E-state index in [1.165, 1.54) is 0 Å². The first-order valence-electron chi connectivity index (χ1n) is 5.57. The Kier molecular flexibility index (Phi) is 3.93. The molecule has 1 aliphatic carbocycles. The summed E-state index contributed by atoms with van der Waals surface area (Å²) in [5.74, 6) is 0.336. The van der Waals surface area contributed by atoms with Gasteiger partial charge >= 0.3 is 0 Å². The van der Waals surface area contributed by atoms with Gasteiger partial charge in [-0.05, 0) is 13.6 Å². The quantitative estimate of drug-likeness (QED) is 0.695. The molecule has 0 aromatic carbocycles. The van der Waals surface area contributed by atoms with Gasteiger partial charge in [0.15, 0.2) is 0 Å². The summed E-state index contributed by atoms with van der Waals surface area (Å²) < 4.78 is 5.10. The molecule has 1 saturated carbocycles. The first-order chi connectivity index (χ1) is 7.02. The van der Waals surface area contributed by atoms with E-state index in [0.29, 0.717) is 12.6 Å². The Morgan fingerprint density at radius 1 is 1.60 bits per heavy atom. The number of aliphatic hydroxyl groups is 1. The highest BCUT2D eigenvalue weighted by Crippen LogP contribution is 2.47. The molecule has 1 rings (SSSR count). The van der Waals surface area contributed by atoms with Crippen molar-refractivity contribution < 1.29 is 9.84 Å². The summed E-state index contributed by atoms with van der Waals surface area (Å²) in [6.45, 7) is 9.40. The molecule has 0 bridgehead atoms. The molecule has 1 N–H and O–H groups in total. The van der Waals surface area contributed by atoms with E-state index >= 15 is 0 Å². The van der Waals surface area contributed by atoms with E-state index in [1.54, 1.807) is 7.11 Å². The number of hydrogen-bond acceptors (Lipinski definition) is 3. The number of hydrogen-bond donors (Lipinski definition) is 1. The van der Waals surface area contributed by atoms with Crippen molar-refractivity contribution in [1.82, 2.24) is 4.90 Å². The average Bonchev–Trinajstić information content (AvgIpc) is 2.23. The van der Waals surface area contributed by atoms with Crippen LogP contribution < -0.4 is 0 Å². The van der Waals surface area contributed by atoms with Gasteiger partial charge in [-0.1, -0.05) is 19.9 Å². The number of ether oxygens (including phenoxy) is 1. The second-order valence-electron chi connectivity index (χ2n) is 4.54. The molecule has 3 heteroatoms. The predicted octanol–water partition coefficient (Wildman–Crippen LogP) is 1.14. The molecule has 4 unspecified atom stereocenters. The zero-order valence-corrected chi connectivity index (χ0v) is 10.2. The molecule has 0 amide bonds. The number of methoxy groups -OCH3 is 1. The van der Waals surface area contributed by atoms with Crippen molar-refractivity contribution in [3.8, 4) is 0 Å². The molecule has 0 aromatic heterocycles. The van der Waals surface area contributed by atoms with Crippen molar-refractivity contribution >= 4 is 0 Å². The van der Waals surface area contributed by atoms with Crippen LogP contribution in [0, 0.1) is 11.8 Å². The van der Waals surface area contributed by atoms with E-state index in [0.717, 1.165) is 6.54 Å². The monoisotopic (exact) mass is 213 g/mol. The fourth-order valence-electron chi connectivity index (χ4n) is 2.76. The summed E-state index contributed by atoms with van der Waals surface area (Å²) in [6, 6.07) is 0.382. The Morgan fingerprint density at radius 2 is 2.20 bits per heavy atom. The lowest BCUT2D eigenvalue weighted by Gasteiger charge is -2.58. The van der Waals surface area contributed by atoms with E-state index in [4.69, 9.17) is 4.74 Å². The van der Waals surface area contributed by atoms with Crippen molar-refractivity contribution in [3.05, 3.63) is 12.7 Å². The molecule has 0 heterocycles. The number of rotatable bonds is 5. The van der Waals surface area contributed by atoms with Gasteiger partial charge in [-0.2, -0.15) is 0 Å². The topological polar surface area (TPSA) is 32.7 Å². The first kappa shape index (κ1) is 12.7. The Hall–Kier alpha value is -0.380. The van der Waals surface area contributed by atoms with Crippen LogP contribution in [0.2, 0.25) is 0 Å². The molecular formula is C12H23NO2. The molecule has 0 aliphatic heterocycles. The summed E-state index contributed by atoms with van der Waals surface area (Å²) in [7, 11) is 3.71. The fourth-order valence-corrected chi connectivity index (χ4v) is 2.76. The van der Waals surface area contributed by atoms with Crippen molar-refractivity contribution in [2.45, 2.75) is 25.5 Å². The van der Waals surface area contributed by atoms with Gasteiger partial charge in [0.25, 0.3) is 0 Å². The second kappa shape index (κ2) is 4.64. The van der Waals surface area contributed by atoms with Crippen LogP contribution in [-0.2, 0) is 4.74 Å². The Labute approximate surface area is 92.7 Å². The smallest absolute Gasteiger partial charge is 0.0997 e. The highest BCUT2D eigenvalue weighted by atomic mass is 16.5. The van der Waals surface area contributed by atoms with Gasteiger partial charge in [0.2, 0.25) is 0 Å². The Balaban J connectivity index is 2.77. The molecule has 0 spiro atoms. The zero-order chi connectivity index (χ0) is 11.6. The van der Waals surface area contributed by atoms with Gasteiger partial charge < -0.3 is 14.7 Å². The molecule has 0 saturated heterocycles. The van der Waals surface area contributed by atoms with Crippen LogP contribution in [0.4, 0.5) is 0 Å². The molecule has 1 aliphatic rings. The minimum absolute atomic E-state index is 0.109. The van der Waals surface area contributed by atoms with Gasteiger partial charge in [0.1, 0.15) is 0 Å². The van der Waals surface area contributed by atoms with Crippen LogP contribution in [0.5, 0.6) is 0 Å². The normalized spacial score (nSPS) is 40.3. The van der Waals surface area contributed by atoms with Crippen molar-refractivity contribution in [3.63, 3.8) is 0 Å². The number of nitrogens with zero attached hydrogens (tertiary/aromatic N) is 1. The van der Waals surface area contributed by atoms with Gasteiger partial charge in [0.05, 0.1) is 12.2 Å². The summed E-state index contributed by atoms with van der Waals surface area (Å²) in [5.41, 5.74) is -0.732. The average molecular weight is 213 g/mol. The maximum absolute atomic E-state index is 10.4. The van der Waals surface area contributed by atoms with Crippen LogP contribution in [0.3, 0.4) is 0 Å². The standard InChI is InChI=1S/C12H23NO2/c1-6-10-11(13(4)7-2)9(3)12(10,14)8-15-5/h6,9-11,14H,1,7-8H2,2-5H3. The summed E-state index contributed by atoms with van der Waals surface area (Å²) in [4.78, 5) is 2.27. The van der Waals surface area contributed by atoms with Gasteiger partial charge in [-0.15, -0.1) is 6.58 Å². The molecule has 88 valence electrons. The summed E-state index contributed by atoms with van der Waals surface area (Å²) in [6.07, 6.45) is 1.86. The highest BCUT2D eigenvalue weighted by molar-refractivity contribution is 5.17. The zero-order valence-electron chi connectivity index (χ0n) is 10.2. The third-order valence-corrected chi connectivity index (χ3v) is 3.88. The van der Waals surface area contributed by atoms with E-state index < -0.39 is 5.60 Å². The Morgan fingerprint density at radius 3 is 2.60 bits per heavy atom. The molecule has 4 atom stereocenters. The van der Waals surface area contributed by atoms with Crippen LogP contribution in [-0.4, -0.2) is 49.0 Å². The van der Waals surface area contributed by atoms with E-state index in [9.17, 15) is 5.11 Å². The van der Waals surface area contributed by atoms with Crippen molar-refractivity contribution in [2.75, 3.05) is 27.3 Å². The molecule has 15 heavy (non-hydrogen) atoms. The van der Waals surface area contributed by atoms with Crippen LogP contribution >= 0.6 is 0 Å². The maximum Gasteiger partial charge on any atom is 0.0997 e. The molecular weight excluding hydrogens is 190 g/mol. The van der Waals surface area contributed by atoms with Gasteiger partial charge in [0, 0.05) is 25.0 Å². The third-order valence-electron chi connectivity index (χ3n) is 3.88. The molecule has 1 fully saturated rings. The fraction of sp³-hybridized carbons (Fsp3) is 0.833. The summed E-state index contributed by atoms with van der Waals surface area (Å²) >= 11 is 0. The van der Waals surface area contributed by atoms with Crippen molar-refractivity contribution in [1.29, 1.82) is 0 Å². The first-order valence-corrected chi connectivity index (χ1v) is 5.57. The molecule has 3 nitrogen and oxygen atoms in total. The van der Waals surface area contributed by atoms with Crippen LogP contribution in [0.1, 0.15) is 13.8 Å². The highest BCUT2D eigenvalue weighted by Gasteiger charge is 2.58. The lowest BCUT2D eigenvalue weighted by atomic mass is 9.57. The van der Waals surface area contributed by atoms with E-state index in [1.807, 2.05) is 6.08 Å².